The molecule has 1 aliphatic carbocycles. The van der Waals surface area contributed by atoms with E-state index < -0.39 is 0 Å². The molecule has 0 unspecified atom stereocenters. The molecular formula is C15H23ClN2OS. The molecule has 1 amide bonds. The van der Waals surface area contributed by atoms with Gasteiger partial charge in [0.1, 0.15) is 0 Å². The maximum Gasteiger partial charge on any atom is 0.261 e. The number of carbonyl (C=O) groups excluding carboxylic acids is 1. The largest absolute Gasteiger partial charge is 0.347 e. The van der Waals surface area contributed by atoms with E-state index in [4.69, 9.17) is 0 Å². The van der Waals surface area contributed by atoms with Gasteiger partial charge in [-0.1, -0.05) is 6.42 Å². The third-order valence-corrected chi connectivity index (χ3v) is 5.34. The highest BCUT2D eigenvalue weighted by atomic mass is 35.5. The molecule has 1 fully saturated rings. The predicted octanol–water partition coefficient (Wildman–Crippen LogP) is 2.92. The van der Waals surface area contributed by atoms with Crippen LogP contribution in [0.2, 0.25) is 0 Å². The quantitative estimate of drug-likeness (QED) is 0.824. The van der Waals surface area contributed by atoms with Crippen LogP contribution in [0.3, 0.4) is 0 Å². The minimum atomic E-state index is 0. The number of hydrogen-bond donors (Lipinski definition) is 2. The molecule has 0 bridgehead atoms. The lowest BCUT2D eigenvalue weighted by Crippen LogP contribution is -2.45. The first kappa shape index (κ1) is 15.8. The average molecular weight is 315 g/mol. The number of fused-ring (bicyclic) bond motifs is 1. The maximum absolute atomic E-state index is 12.3. The van der Waals surface area contributed by atoms with E-state index in [0.717, 1.165) is 43.6 Å². The molecule has 112 valence electrons. The minimum absolute atomic E-state index is 0. The summed E-state index contributed by atoms with van der Waals surface area (Å²) in [7, 11) is 0. The number of halogens is 1. The van der Waals surface area contributed by atoms with E-state index in [9.17, 15) is 4.79 Å². The number of amides is 1. The third-order valence-electron chi connectivity index (χ3n) is 4.10. The summed E-state index contributed by atoms with van der Waals surface area (Å²) < 4.78 is 0. The molecule has 3 rings (SSSR count). The number of hydrogen-bond acceptors (Lipinski definition) is 3. The van der Waals surface area contributed by atoms with E-state index in [1.165, 1.54) is 29.7 Å². The molecule has 1 aromatic heterocycles. The van der Waals surface area contributed by atoms with Gasteiger partial charge in [-0.25, -0.2) is 0 Å². The van der Waals surface area contributed by atoms with Gasteiger partial charge in [0, 0.05) is 17.5 Å². The molecule has 20 heavy (non-hydrogen) atoms. The standard InChI is InChI=1S/C15H22N2OS.ClH/c18-15(17-12-6-4-8-16-10-12)14-9-11-5-2-1-3-7-13(11)19-14;/h9,12,16H,1-8,10H2,(H,17,18);1H/t12-;/m0./s1. The number of piperidine rings is 1. The van der Waals surface area contributed by atoms with Crippen molar-refractivity contribution < 1.29 is 4.79 Å². The summed E-state index contributed by atoms with van der Waals surface area (Å²) in [6, 6.07) is 2.44. The fourth-order valence-corrected chi connectivity index (χ4v) is 4.17. The zero-order valence-corrected chi connectivity index (χ0v) is 13.4. The molecule has 0 saturated carbocycles. The summed E-state index contributed by atoms with van der Waals surface area (Å²) in [5, 5.41) is 6.51. The van der Waals surface area contributed by atoms with Crippen LogP contribution in [-0.4, -0.2) is 25.0 Å². The van der Waals surface area contributed by atoms with Crippen LogP contribution in [0, 0.1) is 0 Å². The van der Waals surface area contributed by atoms with Crippen LogP contribution in [0.15, 0.2) is 6.07 Å². The fraction of sp³-hybridized carbons (Fsp3) is 0.667. The van der Waals surface area contributed by atoms with Crippen molar-refractivity contribution in [3.63, 3.8) is 0 Å². The van der Waals surface area contributed by atoms with Crippen LogP contribution >= 0.6 is 23.7 Å². The molecule has 0 spiro atoms. The average Bonchev–Trinajstić information content (AvgIpc) is 2.72. The van der Waals surface area contributed by atoms with Crippen molar-refractivity contribution in [2.24, 2.45) is 0 Å². The van der Waals surface area contributed by atoms with Gasteiger partial charge in [-0.15, -0.1) is 23.7 Å². The monoisotopic (exact) mass is 314 g/mol. The van der Waals surface area contributed by atoms with Gasteiger partial charge in [0.2, 0.25) is 0 Å². The van der Waals surface area contributed by atoms with E-state index in [1.54, 1.807) is 11.3 Å². The van der Waals surface area contributed by atoms with Crippen molar-refractivity contribution in [3.05, 3.63) is 21.4 Å². The molecule has 3 nitrogen and oxygen atoms in total. The summed E-state index contributed by atoms with van der Waals surface area (Å²) in [6.45, 7) is 2.00. The Kier molecular flexibility index (Phi) is 5.87. The number of rotatable bonds is 2. The Hall–Kier alpha value is -0.580. The molecule has 1 atom stereocenters. The highest BCUT2D eigenvalue weighted by Gasteiger charge is 2.20. The number of aryl methyl sites for hydroxylation is 2. The molecule has 2 heterocycles. The summed E-state index contributed by atoms with van der Waals surface area (Å²) in [5.74, 6) is 0.131. The van der Waals surface area contributed by atoms with Crippen LogP contribution in [0.4, 0.5) is 0 Å². The van der Waals surface area contributed by atoms with Gasteiger partial charge in [-0.05, 0) is 56.7 Å². The lowest BCUT2D eigenvalue weighted by Gasteiger charge is -2.23. The van der Waals surface area contributed by atoms with E-state index in [0.29, 0.717) is 6.04 Å². The van der Waals surface area contributed by atoms with Crippen molar-refractivity contribution in [1.29, 1.82) is 0 Å². The molecule has 2 N–H and O–H groups in total. The summed E-state index contributed by atoms with van der Waals surface area (Å²) in [5.41, 5.74) is 1.43. The Morgan fingerprint density at radius 2 is 2.10 bits per heavy atom. The second kappa shape index (κ2) is 7.43. The Morgan fingerprint density at radius 1 is 1.25 bits per heavy atom. The van der Waals surface area contributed by atoms with Crippen molar-refractivity contribution in [1.82, 2.24) is 10.6 Å². The Morgan fingerprint density at radius 3 is 2.90 bits per heavy atom. The summed E-state index contributed by atoms with van der Waals surface area (Å²) in [4.78, 5) is 14.7. The highest BCUT2D eigenvalue weighted by molar-refractivity contribution is 7.14. The predicted molar refractivity (Wildman–Crippen MR) is 86.2 cm³/mol. The number of thiophene rings is 1. The van der Waals surface area contributed by atoms with Gasteiger partial charge >= 0.3 is 0 Å². The van der Waals surface area contributed by atoms with E-state index in [-0.39, 0.29) is 18.3 Å². The van der Waals surface area contributed by atoms with Gasteiger partial charge in [0.05, 0.1) is 4.88 Å². The minimum Gasteiger partial charge on any atom is -0.347 e. The second-order valence-corrected chi connectivity index (χ2v) is 6.77. The lowest BCUT2D eigenvalue weighted by atomic mass is 10.1. The van der Waals surface area contributed by atoms with Gasteiger partial charge in [-0.2, -0.15) is 0 Å². The second-order valence-electron chi connectivity index (χ2n) is 5.64. The van der Waals surface area contributed by atoms with Gasteiger partial charge in [-0.3, -0.25) is 4.79 Å². The van der Waals surface area contributed by atoms with Crippen LogP contribution in [0.5, 0.6) is 0 Å². The zero-order chi connectivity index (χ0) is 13.1. The van der Waals surface area contributed by atoms with Crippen LogP contribution < -0.4 is 10.6 Å². The van der Waals surface area contributed by atoms with Gasteiger partial charge < -0.3 is 10.6 Å². The highest BCUT2D eigenvalue weighted by Crippen LogP contribution is 2.29. The third kappa shape index (κ3) is 3.74. The molecule has 5 heteroatoms. The van der Waals surface area contributed by atoms with Crippen molar-refractivity contribution in [2.75, 3.05) is 13.1 Å². The van der Waals surface area contributed by atoms with Crippen molar-refractivity contribution in [2.45, 2.75) is 51.0 Å². The van der Waals surface area contributed by atoms with E-state index >= 15 is 0 Å². The molecule has 0 aromatic carbocycles. The Balaban J connectivity index is 0.00000147. The molecule has 1 aromatic rings. The normalized spacial score (nSPS) is 22.3. The number of carbonyl (C=O) groups is 1. The van der Waals surface area contributed by atoms with E-state index in [2.05, 4.69) is 16.7 Å². The fourth-order valence-electron chi connectivity index (χ4n) is 3.01. The molecular weight excluding hydrogens is 292 g/mol. The summed E-state index contributed by atoms with van der Waals surface area (Å²) >= 11 is 1.71. The smallest absolute Gasteiger partial charge is 0.261 e. The van der Waals surface area contributed by atoms with Gasteiger partial charge in [0.25, 0.3) is 5.91 Å². The first-order chi connectivity index (χ1) is 9.33. The van der Waals surface area contributed by atoms with Crippen LogP contribution in [0.25, 0.3) is 0 Å². The first-order valence-electron chi connectivity index (χ1n) is 7.46. The molecule has 1 aliphatic heterocycles. The Labute approximate surface area is 130 Å². The van der Waals surface area contributed by atoms with Crippen molar-refractivity contribution >= 4 is 29.7 Å². The molecule has 0 radical (unpaired) electrons. The van der Waals surface area contributed by atoms with Crippen LogP contribution in [-0.2, 0) is 12.8 Å². The summed E-state index contributed by atoms with van der Waals surface area (Å²) in [6.07, 6.45) is 8.47. The maximum atomic E-state index is 12.3. The van der Waals surface area contributed by atoms with E-state index in [1.807, 2.05) is 0 Å². The SMILES string of the molecule is Cl.O=C(N[C@H]1CCCNC1)c1cc2c(s1)CCCCC2. The van der Waals surface area contributed by atoms with Crippen LogP contribution in [0.1, 0.15) is 52.2 Å². The van der Waals surface area contributed by atoms with Gasteiger partial charge in [0.15, 0.2) is 0 Å². The zero-order valence-electron chi connectivity index (χ0n) is 11.7. The number of nitrogens with one attached hydrogen (secondary N) is 2. The molecule has 2 aliphatic rings. The lowest BCUT2D eigenvalue weighted by molar-refractivity contribution is 0.0934. The Bertz CT molecular complexity index is 431. The van der Waals surface area contributed by atoms with Crippen molar-refractivity contribution in [3.8, 4) is 0 Å². The first-order valence-corrected chi connectivity index (χ1v) is 8.28. The topological polar surface area (TPSA) is 41.1 Å². The molecule has 1 saturated heterocycles.